The van der Waals surface area contributed by atoms with Crippen LogP contribution in [0.2, 0.25) is 0 Å². The van der Waals surface area contributed by atoms with Gasteiger partial charge in [-0.15, -0.1) is 0 Å². The summed E-state index contributed by atoms with van der Waals surface area (Å²) in [5.74, 6) is 0. The van der Waals surface area contributed by atoms with Crippen LogP contribution < -0.4 is 0 Å². The van der Waals surface area contributed by atoms with E-state index in [1.165, 1.54) is 5.56 Å². The Hall–Kier alpha value is -2.70. The van der Waals surface area contributed by atoms with Crippen molar-refractivity contribution in [3.05, 3.63) is 101 Å². The SMILES string of the molecule is CC.CC.CC.Cc1cccc(C#N)c1.Cc1cccc(S(C)=O)c1.Cc1ccccc1. The normalized spacial score (nSPS) is 8.91. The monoisotopic (exact) mass is 453 g/mol. The van der Waals surface area contributed by atoms with Crippen molar-refractivity contribution in [2.24, 2.45) is 0 Å². The predicted molar refractivity (Wildman–Crippen MR) is 145 cm³/mol. The summed E-state index contributed by atoms with van der Waals surface area (Å²) >= 11 is 0. The van der Waals surface area contributed by atoms with Crippen molar-refractivity contribution >= 4 is 10.8 Å². The molecular formula is C29H43NOS. The van der Waals surface area contributed by atoms with Gasteiger partial charge in [-0.2, -0.15) is 5.26 Å². The average molecular weight is 454 g/mol. The Kier molecular flexibility index (Phi) is 26.0. The van der Waals surface area contributed by atoms with E-state index in [0.717, 1.165) is 21.6 Å². The van der Waals surface area contributed by atoms with Crippen LogP contribution in [0.5, 0.6) is 0 Å². The molecule has 3 rings (SSSR count). The molecule has 1 atom stereocenters. The third-order valence-corrected chi connectivity index (χ3v) is 4.33. The van der Waals surface area contributed by atoms with Gasteiger partial charge in [-0.05, 0) is 56.2 Å². The van der Waals surface area contributed by atoms with Gasteiger partial charge in [-0.3, -0.25) is 4.21 Å². The molecule has 0 aromatic heterocycles. The molecule has 0 N–H and O–H groups in total. The van der Waals surface area contributed by atoms with E-state index in [2.05, 4.69) is 25.1 Å². The van der Waals surface area contributed by atoms with Crippen LogP contribution in [0.25, 0.3) is 0 Å². The molecule has 0 heterocycles. The van der Waals surface area contributed by atoms with Gasteiger partial charge in [0.2, 0.25) is 0 Å². The summed E-state index contributed by atoms with van der Waals surface area (Å²) in [7, 11) is -0.839. The largest absolute Gasteiger partial charge is 0.255 e. The van der Waals surface area contributed by atoms with Gasteiger partial charge in [0.1, 0.15) is 0 Å². The minimum atomic E-state index is -0.839. The second kappa shape index (κ2) is 24.6. The molecule has 3 aromatic rings. The maximum atomic E-state index is 10.9. The Bertz CT molecular complexity index is 868. The summed E-state index contributed by atoms with van der Waals surface area (Å²) < 4.78 is 10.9. The zero-order valence-electron chi connectivity index (χ0n) is 21.8. The minimum Gasteiger partial charge on any atom is -0.255 e. The molecule has 32 heavy (non-hydrogen) atoms. The molecule has 0 aliphatic carbocycles. The van der Waals surface area contributed by atoms with Gasteiger partial charge < -0.3 is 0 Å². The molecule has 0 saturated carbocycles. The second-order valence-corrected chi connectivity index (χ2v) is 7.29. The number of nitrogens with zero attached hydrogens (tertiary/aromatic N) is 1. The van der Waals surface area contributed by atoms with Crippen LogP contribution in [0.1, 0.15) is 63.8 Å². The van der Waals surface area contributed by atoms with Crippen LogP contribution in [0.15, 0.2) is 83.8 Å². The van der Waals surface area contributed by atoms with E-state index in [9.17, 15) is 4.21 Å². The van der Waals surface area contributed by atoms with Crippen molar-refractivity contribution in [1.82, 2.24) is 0 Å². The first kappa shape index (κ1) is 33.9. The molecule has 3 heteroatoms. The fourth-order valence-electron chi connectivity index (χ4n) is 2.04. The van der Waals surface area contributed by atoms with E-state index in [1.54, 1.807) is 12.3 Å². The van der Waals surface area contributed by atoms with Gasteiger partial charge in [0.25, 0.3) is 0 Å². The quantitative estimate of drug-likeness (QED) is 0.370. The second-order valence-electron chi connectivity index (χ2n) is 5.91. The lowest BCUT2D eigenvalue weighted by Gasteiger charge is -1.95. The summed E-state index contributed by atoms with van der Waals surface area (Å²) in [6.45, 7) is 18.1. The minimum absolute atomic E-state index is 0.731. The molecule has 1 unspecified atom stereocenters. The fourth-order valence-corrected chi connectivity index (χ4v) is 2.67. The topological polar surface area (TPSA) is 40.9 Å². The smallest absolute Gasteiger partial charge is 0.0991 e. The number of aryl methyl sites for hydroxylation is 3. The number of nitriles is 1. The summed E-state index contributed by atoms with van der Waals surface area (Å²) in [4.78, 5) is 0.903. The summed E-state index contributed by atoms with van der Waals surface area (Å²) in [5.41, 5.74) is 4.35. The molecule has 0 aliphatic rings. The lowest BCUT2D eigenvalue weighted by atomic mass is 10.2. The molecule has 0 radical (unpaired) electrons. The summed E-state index contributed by atoms with van der Waals surface area (Å²) in [6, 6.07) is 27.6. The number of benzene rings is 3. The first-order chi connectivity index (χ1) is 15.4. The van der Waals surface area contributed by atoms with Gasteiger partial charge in [0.05, 0.1) is 11.6 Å². The molecule has 0 bridgehead atoms. The zero-order valence-corrected chi connectivity index (χ0v) is 22.6. The number of hydrogen-bond acceptors (Lipinski definition) is 2. The molecule has 0 fully saturated rings. The third-order valence-electron chi connectivity index (χ3n) is 3.41. The first-order valence-corrected chi connectivity index (χ1v) is 12.9. The molecule has 176 valence electrons. The highest BCUT2D eigenvalue weighted by molar-refractivity contribution is 7.84. The highest BCUT2D eigenvalue weighted by Gasteiger charge is 1.94. The lowest BCUT2D eigenvalue weighted by Crippen LogP contribution is -1.86. The van der Waals surface area contributed by atoms with Crippen LogP contribution in [-0.2, 0) is 10.8 Å². The van der Waals surface area contributed by atoms with Crippen molar-refractivity contribution in [2.75, 3.05) is 6.26 Å². The van der Waals surface area contributed by atoms with Crippen molar-refractivity contribution < 1.29 is 4.21 Å². The lowest BCUT2D eigenvalue weighted by molar-refractivity contribution is 0.686. The maximum absolute atomic E-state index is 10.9. The van der Waals surface area contributed by atoms with Gasteiger partial charge in [-0.25, -0.2) is 0 Å². The predicted octanol–water partition coefficient (Wildman–Crippen LogP) is 8.67. The zero-order chi connectivity index (χ0) is 25.4. The molecule has 0 amide bonds. The molecule has 0 spiro atoms. The van der Waals surface area contributed by atoms with E-state index in [0.29, 0.717) is 0 Å². The number of hydrogen-bond donors (Lipinski definition) is 0. The van der Waals surface area contributed by atoms with Crippen LogP contribution in [0.3, 0.4) is 0 Å². The van der Waals surface area contributed by atoms with Gasteiger partial charge >= 0.3 is 0 Å². The molecule has 2 nitrogen and oxygen atoms in total. The van der Waals surface area contributed by atoms with Crippen molar-refractivity contribution in [3.63, 3.8) is 0 Å². The van der Waals surface area contributed by atoms with Crippen LogP contribution in [0, 0.1) is 32.1 Å². The van der Waals surface area contributed by atoms with E-state index in [1.807, 2.05) is 116 Å². The molecule has 0 aliphatic heterocycles. The third kappa shape index (κ3) is 19.3. The Morgan fingerprint density at radius 1 is 0.625 bits per heavy atom. The van der Waals surface area contributed by atoms with Crippen LogP contribution in [-0.4, -0.2) is 10.5 Å². The van der Waals surface area contributed by atoms with E-state index >= 15 is 0 Å². The standard InChI is InChI=1S/C8H7N.C8H10OS.C7H8.3C2H6/c1-7-3-2-4-8(5-7)6-9;1-7-4-3-5-8(6-7)10(2)9;1-7-5-3-2-4-6-7;3*1-2/h2-5H,1H3;3-6H,1-2H3;2-6H,1H3;3*1-2H3. The highest BCUT2D eigenvalue weighted by atomic mass is 32.2. The van der Waals surface area contributed by atoms with Gasteiger partial charge in [0, 0.05) is 22.0 Å². The van der Waals surface area contributed by atoms with E-state index in [4.69, 9.17) is 5.26 Å². The summed E-state index contributed by atoms with van der Waals surface area (Å²) in [6.07, 6.45) is 1.69. The fraction of sp³-hybridized carbons (Fsp3) is 0.345. The average Bonchev–Trinajstić information content (AvgIpc) is 2.84. The Balaban J connectivity index is -0.000000355. The van der Waals surface area contributed by atoms with Gasteiger partial charge in [-0.1, -0.05) is 102 Å². The number of rotatable bonds is 1. The Morgan fingerprint density at radius 2 is 1.06 bits per heavy atom. The Labute approximate surface area is 200 Å². The van der Waals surface area contributed by atoms with Crippen molar-refractivity contribution in [1.29, 1.82) is 5.26 Å². The highest BCUT2D eigenvalue weighted by Crippen LogP contribution is 2.06. The maximum Gasteiger partial charge on any atom is 0.0991 e. The summed E-state index contributed by atoms with van der Waals surface area (Å²) in [5, 5.41) is 8.41. The molecular weight excluding hydrogens is 410 g/mol. The van der Waals surface area contributed by atoms with E-state index in [-0.39, 0.29) is 0 Å². The molecule has 0 saturated heterocycles. The van der Waals surface area contributed by atoms with E-state index < -0.39 is 10.8 Å². The van der Waals surface area contributed by atoms with Crippen molar-refractivity contribution in [3.8, 4) is 6.07 Å². The first-order valence-electron chi connectivity index (χ1n) is 11.3. The van der Waals surface area contributed by atoms with Crippen LogP contribution in [0.4, 0.5) is 0 Å². The van der Waals surface area contributed by atoms with Crippen molar-refractivity contribution in [2.45, 2.75) is 67.2 Å². The Morgan fingerprint density at radius 3 is 1.34 bits per heavy atom. The van der Waals surface area contributed by atoms with Crippen LogP contribution >= 0.6 is 0 Å². The van der Waals surface area contributed by atoms with Gasteiger partial charge in [0.15, 0.2) is 0 Å². The molecule has 3 aromatic carbocycles.